The van der Waals surface area contributed by atoms with E-state index in [1.165, 1.54) is 0 Å². The predicted molar refractivity (Wildman–Crippen MR) is 142 cm³/mol. The van der Waals surface area contributed by atoms with Crippen LogP contribution in [0.25, 0.3) is 0 Å². The fourth-order valence-electron chi connectivity index (χ4n) is 4.24. The van der Waals surface area contributed by atoms with Crippen molar-refractivity contribution in [3.8, 4) is 0 Å². The molecular formula is C29H26N2O10. The second-order valence-electron chi connectivity index (χ2n) is 8.50. The SMILES string of the molecule is COC(=O)C1=C(C(=O)OC)C2(OC1=NCc1ccccc1)OC(=NCc1ccccc1)C(C(=O)OC)=C2C(=O)OC. The van der Waals surface area contributed by atoms with Gasteiger partial charge in [0.2, 0.25) is 11.8 Å². The maximum atomic E-state index is 13.3. The summed E-state index contributed by atoms with van der Waals surface area (Å²) in [5.74, 6) is -7.63. The molecule has 2 aliphatic rings. The Labute approximate surface area is 234 Å². The highest BCUT2D eigenvalue weighted by Crippen LogP contribution is 2.48. The number of esters is 4. The Kier molecular flexibility index (Phi) is 8.61. The van der Waals surface area contributed by atoms with E-state index < -0.39 is 63.8 Å². The summed E-state index contributed by atoms with van der Waals surface area (Å²) in [5, 5.41) is 0. The summed E-state index contributed by atoms with van der Waals surface area (Å²) in [6.07, 6.45) is 0. The van der Waals surface area contributed by atoms with Gasteiger partial charge in [-0.3, -0.25) is 0 Å². The highest BCUT2D eigenvalue weighted by molar-refractivity contribution is 6.29. The Morgan fingerprint density at radius 2 is 0.927 bits per heavy atom. The van der Waals surface area contributed by atoms with Crippen molar-refractivity contribution < 1.29 is 47.6 Å². The van der Waals surface area contributed by atoms with Gasteiger partial charge in [0, 0.05) is 0 Å². The number of carbonyl (C=O) groups is 4. The third-order valence-electron chi connectivity index (χ3n) is 6.12. The minimum absolute atomic E-state index is 0.0112. The molecule has 0 atom stereocenters. The molecule has 12 heteroatoms. The van der Waals surface area contributed by atoms with Gasteiger partial charge in [-0.15, -0.1) is 0 Å². The van der Waals surface area contributed by atoms with Crippen molar-refractivity contribution >= 4 is 35.7 Å². The Bertz CT molecular complexity index is 1380. The molecule has 0 saturated carbocycles. The van der Waals surface area contributed by atoms with Crippen LogP contribution in [0.15, 0.2) is 92.9 Å². The molecule has 0 aromatic heterocycles. The summed E-state index contributed by atoms with van der Waals surface area (Å²) >= 11 is 0. The number of carbonyl (C=O) groups excluding carboxylic acids is 4. The molecule has 0 unspecified atom stereocenters. The molecular weight excluding hydrogens is 536 g/mol. The lowest BCUT2D eigenvalue weighted by molar-refractivity contribution is -0.148. The summed E-state index contributed by atoms with van der Waals surface area (Å²) in [6, 6.07) is 17.9. The molecule has 0 fully saturated rings. The van der Waals surface area contributed by atoms with Crippen LogP contribution in [0.4, 0.5) is 0 Å². The average Bonchev–Trinajstić information content (AvgIpc) is 3.52. The van der Waals surface area contributed by atoms with Gasteiger partial charge in [0.1, 0.15) is 22.3 Å². The molecule has 0 saturated heterocycles. The van der Waals surface area contributed by atoms with Crippen molar-refractivity contribution in [3.05, 3.63) is 94.1 Å². The summed E-state index contributed by atoms with van der Waals surface area (Å²) in [4.78, 5) is 61.4. The monoisotopic (exact) mass is 562 g/mol. The number of ether oxygens (including phenoxy) is 6. The third-order valence-corrected chi connectivity index (χ3v) is 6.12. The van der Waals surface area contributed by atoms with Crippen LogP contribution in [0.2, 0.25) is 0 Å². The van der Waals surface area contributed by atoms with Crippen LogP contribution in [0.1, 0.15) is 11.1 Å². The zero-order valence-electron chi connectivity index (χ0n) is 22.7. The smallest absolute Gasteiger partial charge is 0.344 e. The number of nitrogens with zero attached hydrogens (tertiary/aromatic N) is 2. The van der Waals surface area contributed by atoms with E-state index >= 15 is 0 Å². The first-order valence-electron chi connectivity index (χ1n) is 12.2. The van der Waals surface area contributed by atoms with Gasteiger partial charge in [-0.05, 0) is 11.1 Å². The fraction of sp³-hybridized carbons (Fsp3) is 0.241. The number of rotatable bonds is 8. The molecule has 0 aliphatic carbocycles. The largest absolute Gasteiger partial charge is 0.465 e. The van der Waals surface area contributed by atoms with E-state index in [1.54, 1.807) is 48.5 Å². The fourth-order valence-corrected chi connectivity index (χ4v) is 4.24. The van der Waals surface area contributed by atoms with Crippen molar-refractivity contribution in [3.63, 3.8) is 0 Å². The van der Waals surface area contributed by atoms with Crippen LogP contribution >= 0.6 is 0 Å². The first-order chi connectivity index (χ1) is 19.8. The molecule has 4 rings (SSSR count). The van der Waals surface area contributed by atoms with Gasteiger partial charge in [-0.2, -0.15) is 0 Å². The Hall–Kier alpha value is -5.26. The van der Waals surface area contributed by atoms with Gasteiger partial charge in [0.15, 0.2) is 0 Å². The molecule has 1 spiro atoms. The lowest BCUT2D eigenvalue weighted by Crippen LogP contribution is -2.41. The molecule has 41 heavy (non-hydrogen) atoms. The minimum atomic E-state index is -2.54. The molecule has 0 radical (unpaired) electrons. The van der Waals surface area contributed by atoms with E-state index in [0.29, 0.717) is 0 Å². The number of hydrogen-bond donors (Lipinski definition) is 0. The Morgan fingerprint density at radius 1 is 0.585 bits per heavy atom. The molecule has 2 aromatic rings. The molecule has 2 heterocycles. The van der Waals surface area contributed by atoms with E-state index in [0.717, 1.165) is 39.6 Å². The Balaban J connectivity index is 1.98. The summed E-state index contributed by atoms with van der Waals surface area (Å²) < 4.78 is 31.8. The van der Waals surface area contributed by atoms with E-state index in [9.17, 15) is 19.2 Å². The van der Waals surface area contributed by atoms with Gasteiger partial charge in [-0.1, -0.05) is 60.7 Å². The zero-order chi connectivity index (χ0) is 29.6. The molecule has 12 nitrogen and oxygen atoms in total. The van der Waals surface area contributed by atoms with Crippen molar-refractivity contribution in [1.29, 1.82) is 0 Å². The maximum Gasteiger partial charge on any atom is 0.344 e. The van der Waals surface area contributed by atoms with Gasteiger partial charge in [0.05, 0.1) is 41.5 Å². The zero-order valence-corrected chi connectivity index (χ0v) is 22.7. The topological polar surface area (TPSA) is 148 Å². The first-order valence-corrected chi connectivity index (χ1v) is 12.2. The third kappa shape index (κ3) is 5.44. The van der Waals surface area contributed by atoms with Crippen molar-refractivity contribution in [2.75, 3.05) is 28.4 Å². The average molecular weight is 563 g/mol. The number of hydrogen-bond acceptors (Lipinski definition) is 12. The van der Waals surface area contributed by atoms with Crippen molar-refractivity contribution in [2.24, 2.45) is 9.98 Å². The molecule has 212 valence electrons. The highest BCUT2D eigenvalue weighted by Gasteiger charge is 2.65. The van der Waals surface area contributed by atoms with Crippen molar-refractivity contribution in [1.82, 2.24) is 0 Å². The van der Waals surface area contributed by atoms with Crippen molar-refractivity contribution in [2.45, 2.75) is 18.9 Å². The quantitative estimate of drug-likeness (QED) is 0.346. The first kappa shape index (κ1) is 28.7. The number of aliphatic imine (C=N–C) groups is 2. The second-order valence-corrected chi connectivity index (χ2v) is 8.50. The molecule has 0 amide bonds. The van der Waals surface area contributed by atoms with E-state index in [-0.39, 0.29) is 13.1 Å². The lowest BCUT2D eigenvalue weighted by Gasteiger charge is -2.26. The number of methoxy groups -OCH3 is 4. The number of benzene rings is 2. The Morgan fingerprint density at radius 3 is 1.24 bits per heavy atom. The van der Waals surface area contributed by atoms with Crippen LogP contribution in [0.3, 0.4) is 0 Å². The minimum Gasteiger partial charge on any atom is -0.465 e. The maximum absolute atomic E-state index is 13.3. The van der Waals surface area contributed by atoms with E-state index in [1.807, 2.05) is 12.1 Å². The highest BCUT2D eigenvalue weighted by atomic mass is 16.7. The molecule has 2 aliphatic heterocycles. The second kappa shape index (κ2) is 12.3. The molecule has 0 N–H and O–H groups in total. The summed E-state index contributed by atoms with van der Waals surface area (Å²) in [7, 11) is 4.28. The molecule has 0 bridgehead atoms. The van der Waals surface area contributed by atoms with Crippen LogP contribution in [0.5, 0.6) is 0 Å². The van der Waals surface area contributed by atoms with E-state index in [4.69, 9.17) is 28.4 Å². The summed E-state index contributed by atoms with van der Waals surface area (Å²) in [6.45, 7) is 0.0224. The lowest BCUT2D eigenvalue weighted by atomic mass is 9.93. The van der Waals surface area contributed by atoms with Crippen LogP contribution in [-0.4, -0.2) is 69.9 Å². The van der Waals surface area contributed by atoms with Gasteiger partial charge >= 0.3 is 29.7 Å². The standard InChI is InChI=1S/C29H26N2O10/c1-36-25(32)19-21(27(34)38-3)29(40-23(19)30-15-17-11-7-5-8-12-17)22(28(35)39-4)20(26(33)37-2)24(41-29)31-16-18-13-9-6-10-14-18/h5-14H,15-16H2,1-4H3. The van der Waals surface area contributed by atoms with Gasteiger partial charge in [0.25, 0.3) is 0 Å². The summed E-state index contributed by atoms with van der Waals surface area (Å²) in [5.41, 5.74) is -0.638. The molecule has 2 aromatic carbocycles. The van der Waals surface area contributed by atoms with Crippen LogP contribution < -0.4 is 0 Å². The predicted octanol–water partition coefficient (Wildman–Crippen LogP) is 2.23. The van der Waals surface area contributed by atoms with E-state index in [2.05, 4.69) is 9.98 Å². The van der Waals surface area contributed by atoms with Crippen LogP contribution in [0, 0.1) is 0 Å². The van der Waals surface area contributed by atoms with Gasteiger partial charge in [-0.25, -0.2) is 29.2 Å². The van der Waals surface area contributed by atoms with Crippen LogP contribution in [-0.2, 0) is 60.7 Å². The van der Waals surface area contributed by atoms with Gasteiger partial charge < -0.3 is 28.4 Å². The normalized spacial score (nSPS) is 19.7.